The zero-order valence-corrected chi connectivity index (χ0v) is 7.72. The van der Waals surface area contributed by atoms with Crippen LogP contribution in [-0.2, 0) is 0 Å². The first-order valence-corrected chi connectivity index (χ1v) is 4.24. The topological polar surface area (TPSA) is 52.5 Å². The molecule has 0 radical (unpaired) electrons. The van der Waals surface area contributed by atoms with Crippen LogP contribution in [0.5, 0.6) is 0 Å². The van der Waals surface area contributed by atoms with Crippen LogP contribution in [0.3, 0.4) is 0 Å². The van der Waals surface area contributed by atoms with E-state index in [9.17, 15) is 0 Å². The number of rotatable bonds is 1. The van der Waals surface area contributed by atoms with Gasteiger partial charge in [0.15, 0.2) is 0 Å². The SMILES string of the molecule is N=Cc1ccc2n[nH]c(Br)c2c1. The van der Waals surface area contributed by atoms with Gasteiger partial charge in [0.2, 0.25) is 0 Å². The quantitative estimate of drug-likeness (QED) is 0.717. The van der Waals surface area contributed by atoms with Gasteiger partial charge < -0.3 is 5.41 Å². The Labute approximate surface area is 77.4 Å². The Bertz CT molecular complexity index is 433. The molecule has 0 aliphatic carbocycles. The number of H-pyrrole nitrogens is 1. The van der Waals surface area contributed by atoms with Crippen molar-refractivity contribution in [1.82, 2.24) is 10.2 Å². The van der Waals surface area contributed by atoms with Crippen molar-refractivity contribution in [3.63, 3.8) is 0 Å². The summed E-state index contributed by atoms with van der Waals surface area (Å²) in [6, 6.07) is 5.66. The van der Waals surface area contributed by atoms with Crippen molar-refractivity contribution in [2.24, 2.45) is 0 Å². The van der Waals surface area contributed by atoms with Gasteiger partial charge >= 0.3 is 0 Å². The van der Waals surface area contributed by atoms with E-state index in [2.05, 4.69) is 26.1 Å². The Hall–Kier alpha value is -1.16. The van der Waals surface area contributed by atoms with E-state index in [4.69, 9.17) is 5.41 Å². The first-order chi connectivity index (χ1) is 5.81. The fourth-order valence-corrected chi connectivity index (χ4v) is 1.49. The van der Waals surface area contributed by atoms with Gasteiger partial charge in [-0.3, -0.25) is 5.10 Å². The highest BCUT2D eigenvalue weighted by Crippen LogP contribution is 2.21. The summed E-state index contributed by atoms with van der Waals surface area (Å²) in [5, 5.41) is 14.9. The van der Waals surface area contributed by atoms with Crippen LogP contribution >= 0.6 is 15.9 Å². The maximum atomic E-state index is 7.07. The van der Waals surface area contributed by atoms with E-state index in [1.54, 1.807) is 0 Å². The Kier molecular flexibility index (Phi) is 1.69. The fraction of sp³-hybridized carbons (Fsp3) is 0. The van der Waals surface area contributed by atoms with Crippen LogP contribution in [-0.4, -0.2) is 16.4 Å². The number of hydrogen-bond donors (Lipinski definition) is 2. The molecular weight excluding hydrogens is 218 g/mol. The van der Waals surface area contributed by atoms with E-state index in [1.165, 1.54) is 6.21 Å². The Morgan fingerprint density at radius 3 is 3.08 bits per heavy atom. The Morgan fingerprint density at radius 2 is 2.33 bits per heavy atom. The van der Waals surface area contributed by atoms with Crippen LogP contribution in [0.2, 0.25) is 0 Å². The minimum atomic E-state index is 0.862. The summed E-state index contributed by atoms with van der Waals surface area (Å²) >= 11 is 3.34. The summed E-state index contributed by atoms with van der Waals surface area (Å²) in [6.07, 6.45) is 1.32. The normalized spacial score (nSPS) is 10.4. The summed E-state index contributed by atoms with van der Waals surface area (Å²) in [4.78, 5) is 0. The molecule has 0 unspecified atom stereocenters. The third-order valence-corrected chi connectivity index (χ3v) is 2.30. The first kappa shape index (κ1) is 7.49. The molecule has 1 aromatic carbocycles. The first-order valence-electron chi connectivity index (χ1n) is 3.45. The molecule has 0 atom stereocenters. The van der Waals surface area contributed by atoms with Crippen LogP contribution in [0, 0.1) is 5.41 Å². The number of benzene rings is 1. The molecule has 0 amide bonds. The molecule has 2 rings (SSSR count). The number of hydrogen-bond acceptors (Lipinski definition) is 2. The molecule has 0 spiro atoms. The Morgan fingerprint density at radius 1 is 1.50 bits per heavy atom. The smallest absolute Gasteiger partial charge is 0.108 e. The van der Waals surface area contributed by atoms with Crippen LogP contribution in [0.1, 0.15) is 5.56 Å². The molecule has 12 heavy (non-hydrogen) atoms. The average Bonchev–Trinajstić information content (AvgIpc) is 2.47. The number of aromatic amines is 1. The zero-order chi connectivity index (χ0) is 8.55. The van der Waals surface area contributed by atoms with Gasteiger partial charge in [0, 0.05) is 11.6 Å². The van der Waals surface area contributed by atoms with Gasteiger partial charge in [-0.15, -0.1) is 0 Å². The van der Waals surface area contributed by atoms with E-state index in [-0.39, 0.29) is 0 Å². The summed E-state index contributed by atoms with van der Waals surface area (Å²) < 4.78 is 0.862. The van der Waals surface area contributed by atoms with E-state index in [0.717, 1.165) is 21.1 Å². The lowest BCUT2D eigenvalue weighted by Crippen LogP contribution is -1.77. The van der Waals surface area contributed by atoms with Crippen molar-refractivity contribution in [3.05, 3.63) is 28.4 Å². The summed E-state index contributed by atoms with van der Waals surface area (Å²) in [6.45, 7) is 0. The molecule has 1 aromatic heterocycles. The molecule has 4 heteroatoms. The van der Waals surface area contributed by atoms with Crippen molar-refractivity contribution < 1.29 is 0 Å². The highest BCUT2D eigenvalue weighted by atomic mass is 79.9. The number of aromatic nitrogens is 2. The van der Waals surface area contributed by atoms with Crippen LogP contribution < -0.4 is 0 Å². The second-order valence-corrected chi connectivity index (χ2v) is 3.25. The second-order valence-electron chi connectivity index (χ2n) is 2.46. The summed E-state index contributed by atoms with van der Waals surface area (Å²) in [5.74, 6) is 0. The van der Waals surface area contributed by atoms with E-state index >= 15 is 0 Å². The highest BCUT2D eigenvalue weighted by molar-refractivity contribution is 9.10. The maximum Gasteiger partial charge on any atom is 0.108 e. The molecule has 0 bridgehead atoms. The molecule has 0 aliphatic rings. The van der Waals surface area contributed by atoms with E-state index < -0.39 is 0 Å². The average molecular weight is 224 g/mol. The largest absolute Gasteiger partial charge is 0.308 e. The van der Waals surface area contributed by atoms with Gasteiger partial charge in [-0.05, 0) is 33.6 Å². The van der Waals surface area contributed by atoms with Crippen molar-refractivity contribution in [2.45, 2.75) is 0 Å². The van der Waals surface area contributed by atoms with E-state index in [1.807, 2.05) is 18.2 Å². The zero-order valence-electron chi connectivity index (χ0n) is 6.13. The minimum Gasteiger partial charge on any atom is -0.308 e. The standard InChI is InChI=1S/C8H6BrN3/c9-8-6-3-5(4-10)1-2-7(6)11-12-8/h1-4,10H,(H,11,12). The molecule has 3 nitrogen and oxygen atoms in total. The van der Waals surface area contributed by atoms with Crippen molar-refractivity contribution in [2.75, 3.05) is 0 Å². The maximum absolute atomic E-state index is 7.07. The number of fused-ring (bicyclic) bond motifs is 1. The van der Waals surface area contributed by atoms with Gasteiger partial charge in [0.1, 0.15) is 4.60 Å². The number of nitrogens with zero attached hydrogens (tertiary/aromatic N) is 1. The third kappa shape index (κ3) is 1.04. The Balaban J connectivity index is 2.79. The van der Waals surface area contributed by atoms with Gasteiger partial charge in [-0.25, -0.2) is 0 Å². The lowest BCUT2D eigenvalue weighted by Gasteiger charge is -1.90. The molecular formula is C8H6BrN3. The predicted octanol–water partition coefficient (Wildman–Crippen LogP) is 2.32. The summed E-state index contributed by atoms with van der Waals surface area (Å²) in [7, 11) is 0. The summed E-state index contributed by atoms with van der Waals surface area (Å²) in [5.41, 5.74) is 1.79. The predicted molar refractivity (Wildman–Crippen MR) is 51.7 cm³/mol. The molecule has 0 saturated heterocycles. The molecule has 60 valence electrons. The van der Waals surface area contributed by atoms with Crippen LogP contribution in [0.25, 0.3) is 10.9 Å². The lowest BCUT2D eigenvalue weighted by atomic mass is 10.2. The van der Waals surface area contributed by atoms with Crippen LogP contribution in [0.15, 0.2) is 22.8 Å². The van der Waals surface area contributed by atoms with Crippen molar-refractivity contribution >= 4 is 33.0 Å². The molecule has 0 saturated carbocycles. The minimum absolute atomic E-state index is 0.862. The van der Waals surface area contributed by atoms with Crippen LogP contribution in [0.4, 0.5) is 0 Å². The monoisotopic (exact) mass is 223 g/mol. The second kappa shape index (κ2) is 2.71. The van der Waals surface area contributed by atoms with Crippen molar-refractivity contribution in [1.29, 1.82) is 5.41 Å². The molecule has 0 fully saturated rings. The number of nitrogens with one attached hydrogen (secondary N) is 2. The third-order valence-electron chi connectivity index (χ3n) is 1.70. The fourth-order valence-electron chi connectivity index (χ4n) is 1.09. The van der Waals surface area contributed by atoms with Gasteiger partial charge in [-0.1, -0.05) is 6.07 Å². The highest BCUT2D eigenvalue weighted by Gasteiger charge is 2.01. The van der Waals surface area contributed by atoms with Gasteiger partial charge in [0.05, 0.1) is 5.52 Å². The van der Waals surface area contributed by atoms with E-state index in [0.29, 0.717) is 0 Å². The molecule has 1 heterocycles. The molecule has 2 N–H and O–H groups in total. The number of halogens is 1. The van der Waals surface area contributed by atoms with Crippen molar-refractivity contribution in [3.8, 4) is 0 Å². The molecule has 0 aliphatic heterocycles. The lowest BCUT2D eigenvalue weighted by molar-refractivity contribution is 1.10. The van der Waals surface area contributed by atoms with Gasteiger partial charge in [-0.2, -0.15) is 5.10 Å². The van der Waals surface area contributed by atoms with Gasteiger partial charge in [0.25, 0.3) is 0 Å². The molecule has 2 aromatic rings.